The quantitative estimate of drug-likeness (QED) is 0.459. The molecule has 0 spiro atoms. The first-order chi connectivity index (χ1) is 17.0. The molecule has 2 unspecified atom stereocenters. The molecule has 0 aromatic heterocycles. The smallest absolute Gasteiger partial charge is 0.261 e. The third kappa shape index (κ3) is 4.64. The Morgan fingerprint density at radius 1 is 0.943 bits per heavy atom. The molecule has 1 aliphatic heterocycles. The van der Waals surface area contributed by atoms with Crippen LogP contribution >= 0.6 is 0 Å². The fourth-order valence-electron chi connectivity index (χ4n) is 5.27. The predicted molar refractivity (Wildman–Crippen MR) is 130 cm³/mol. The molecule has 6 heteroatoms. The number of hydrogen-bond donors (Lipinski definition) is 1. The van der Waals surface area contributed by atoms with E-state index in [2.05, 4.69) is 28.9 Å². The zero-order chi connectivity index (χ0) is 24.4. The summed E-state index contributed by atoms with van der Waals surface area (Å²) in [5.74, 6) is -0.420. The van der Waals surface area contributed by atoms with Crippen LogP contribution in [0.1, 0.15) is 16.7 Å². The van der Waals surface area contributed by atoms with Gasteiger partial charge in [0.25, 0.3) is 5.91 Å². The maximum absolute atomic E-state index is 13.9. The molecule has 180 valence electrons. The third-order valence-corrected chi connectivity index (χ3v) is 7.06. The topological polar surface area (TPSA) is 41.6 Å². The number of nitrogens with one attached hydrogen (secondary N) is 1. The van der Waals surface area contributed by atoms with Crippen LogP contribution in [-0.2, 0) is 21.7 Å². The second-order valence-corrected chi connectivity index (χ2v) is 9.30. The largest absolute Gasteiger partial charge is 0.352 e. The molecule has 0 bridgehead atoms. The summed E-state index contributed by atoms with van der Waals surface area (Å²) in [5.41, 5.74) is 0.664. The van der Waals surface area contributed by atoms with Crippen LogP contribution in [0, 0.1) is 23.5 Å². The lowest BCUT2D eigenvalue weighted by atomic mass is 9.84. The first kappa shape index (κ1) is 23.4. The summed E-state index contributed by atoms with van der Waals surface area (Å²) in [5, 5.41) is 3.20. The Bertz CT molecular complexity index is 1120. The van der Waals surface area contributed by atoms with Crippen molar-refractivity contribution >= 4 is 5.91 Å². The van der Waals surface area contributed by atoms with Gasteiger partial charge < -0.3 is 10.1 Å². The molecule has 4 nitrogen and oxygen atoms in total. The van der Waals surface area contributed by atoms with Gasteiger partial charge in [-0.1, -0.05) is 60.7 Å². The number of rotatable bonds is 9. The van der Waals surface area contributed by atoms with Crippen LogP contribution < -0.4 is 5.32 Å². The number of likely N-dealkylation sites (tertiary alicyclic amines) is 1. The van der Waals surface area contributed by atoms with Gasteiger partial charge in [0.1, 0.15) is 11.6 Å². The van der Waals surface area contributed by atoms with E-state index in [1.165, 1.54) is 54.1 Å². The molecule has 5 rings (SSSR count). The molecule has 3 aromatic rings. The van der Waals surface area contributed by atoms with Crippen molar-refractivity contribution in [3.8, 4) is 0 Å². The number of hydrogen-bond acceptors (Lipinski definition) is 3. The van der Waals surface area contributed by atoms with Crippen LogP contribution in [-0.4, -0.2) is 36.5 Å². The summed E-state index contributed by atoms with van der Waals surface area (Å²) < 4.78 is 33.6. The number of nitrogens with zero attached hydrogens (tertiary/aromatic N) is 1. The van der Waals surface area contributed by atoms with E-state index >= 15 is 0 Å². The minimum atomic E-state index is -1.56. The Labute approximate surface area is 204 Å². The summed E-state index contributed by atoms with van der Waals surface area (Å²) in [7, 11) is 0. The number of carbonyl (C=O) groups excluding carboxylic acids is 1. The molecule has 1 amide bonds. The molecular formula is C29H28F2N2O2. The summed E-state index contributed by atoms with van der Waals surface area (Å²) in [6.07, 6.45) is 1.56. The highest BCUT2D eigenvalue weighted by Crippen LogP contribution is 2.47. The molecule has 2 atom stereocenters. The monoisotopic (exact) mass is 474 g/mol. The van der Waals surface area contributed by atoms with E-state index in [-0.39, 0.29) is 18.6 Å². The highest BCUT2D eigenvalue weighted by atomic mass is 19.1. The second-order valence-electron chi connectivity index (χ2n) is 9.30. The van der Waals surface area contributed by atoms with E-state index in [1.54, 1.807) is 6.08 Å². The Kier molecular flexibility index (Phi) is 6.50. The number of amides is 1. The number of fused-ring (bicyclic) bond motifs is 1. The molecular weight excluding hydrogens is 446 g/mol. The second kappa shape index (κ2) is 9.72. The molecule has 1 N–H and O–H groups in total. The van der Waals surface area contributed by atoms with Crippen molar-refractivity contribution in [3.63, 3.8) is 0 Å². The molecule has 2 aliphatic rings. The van der Waals surface area contributed by atoms with Gasteiger partial charge in [-0.15, -0.1) is 6.58 Å². The van der Waals surface area contributed by atoms with Gasteiger partial charge in [0, 0.05) is 25.7 Å². The first-order valence-electron chi connectivity index (χ1n) is 11.9. The number of ether oxygens (including phenoxy) is 1. The number of benzene rings is 3. The highest BCUT2D eigenvalue weighted by molar-refractivity contribution is 5.91. The van der Waals surface area contributed by atoms with Crippen molar-refractivity contribution in [2.24, 2.45) is 11.8 Å². The third-order valence-electron chi connectivity index (χ3n) is 7.06. The van der Waals surface area contributed by atoms with E-state index in [4.69, 9.17) is 4.74 Å². The van der Waals surface area contributed by atoms with Crippen molar-refractivity contribution < 1.29 is 18.3 Å². The van der Waals surface area contributed by atoms with Gasteiger partial charge in [-0.25, -0.2) is 8.78 Å². The van der Waals surface area contributed by atoms with E-state index in [0.717, 1.165) is 19.6 Å². The zero-order valence-corrected chi connectivity index (χ0v) is 19.4. The first-order valence-corrected chi connectivity index (χ1v) is 11.9. The Morgan fingerprint density at radius 2 is 1.49 bits per heavy atom. The van der Waals surface area contributed by atoms with Gasteiger partial charge in [0.2, 0.25) is 0 Å². The Morgan fingerprint density at radius 3 is 2.00 bits per heavy atom. The average molecular weight is 475 g/mol. The summed E-state index contributed by atoms with van der Waals surface area (Å²) in [4.78, 5) is 16.3. The van der Waals surface area contributed by atoms with Crippen LogP contribution in [0.5, 0.6) is 0 Å². The average Bonchev–Trinajstić information content (AvgIpc) is 3.30. The van der Waals surface area contributed by atoms with Gasteiger partial charge in [0.15, 0.2) is 5.60 Å². The lowest BCUT2D eigenvalue weighted by Gasteiger charge is -2.34. The summed E-state index contributed by atoms with van der Waals surface area (Å²) in [6, 6.07) is 21.7. The predicted octanol–water partition coefficient (Wildman–Crippen LogP) is 4.66. The summed E-state index contributed by atoms with van der Waals surface area (Å²) >= 11 is 0. The maximum Gasteiger partial charge on any atom is 0.261 e. The molecule has 0 radical (unpaired) electrons. The van der Waals surface area contributed by atoms with E-state index in [0.29, 0.717) is 23.0 Å². The van der Waals surface area contributed by atoms with Crippen molar-refractivity contribution in [1.29, 1.82) is 0 Å². The number of carbonyl (C=O) groups is 1. The van der Waals surface area contributed by atoms with Crippen LogP contribution in [0.25, 0.3) is 0 Å². The van der Waals surface area contributed by atoms with Crippen molar-refractivity contribution in [3.05, 3.63) is 120 Å². The van der Waals surface area contributed by atoms with Gasteiger partial charge >= 0.3 is 0 Å². The van der Waals surface area contributed by atoms with Crippen LogP contribution in [0.2, 0.25) is 0 Å². The number of halogens is 2. The Hall–Kier alpha value is -3.35. The van der Waals surface area contributed by atoms with Gasteiger partial charge in [-0.3, -0.25) is 9.69 Å². The van der Waals surface area contributed by atoms with Crippen molar-refractivity contribution in [2.45, 2.75) is 18.2 Å². The fraction of sp³-hybridized carbons (Fsp3) is 0.276. The zero-order valence-electron chi connectivity index (χ0n) is 19.4. The van der Waals surface area contributed by atoms with Crippen LogP contribution in [0.15, 0.2) is 91.5 Å². The van der Waals surface area contributed by atoms with Crippen molar-refractivity contribution in [1.82, 2.24) is 10.2 Å². The van der Waals surface area contributed by atoms with Crippen LogP contribution in [0.4, 0.5) is 8.78 Å². The molecule has 2 fully saturated rings. The van der Waals surface area contributed by atoms with Gasteiger partial charge in [0.05, 0.1) is 6.61 Å². The Balaban J connectivity index is 1.37. The minimum Gasteiger partial charge on any atom is -0.352 e. The summed E-state index contributed by atoms with van der Waals surface area (Å²) in [6.45, 7) is 6.53. The minimum absolute atomic E-state index is 0.0436. The molecule has 1 saturated heterocycles. The van der Waals surface area contributed by atoms with E-state index in [1.807, 2.05) is 18.2 Å². The SMILES string of the molecule is C=CCOC(C(=O)NC1C2CN(Cc3ccccc3)CC21)(c1ccc(F)cc1)c1ccc(F)cc1. The molecule has 35 heavy (non-hydrogen) atoms. The number of piperidine rings is 1. The van der Waals surface area contributed by atoms with E-state index in [9.17, 15) is 13.6 Å². The normalized spacial score (nSPS) is 21.4. The van der Waals surface area contributed by atoms with Gasteiger partial charge in [-0.2, -0.15) is 0 Å². The molecule has 3 aromatic carbocycles. The standard InChI is InChI=1S/C29H28F2N2O2/c1-2-16-35-29(21-8-12-23(30)13-9-21,22-10-14-24(31)15-11-22)28(34)32-27-25-18-33(19-26(25)27)17-20-6-4-3-5-7-20/h2-15,25-27H,1,16-19H2,(H,32,34). The lowest BCUT2D eigenvalue weighted by Crippen LogP contribution is -2.49. The maximum atomic E-state index is 13.9. The van der Waals surface area contributed by atoms with Gasteiger partial charge in [-0.05, 0) is 52.8 Å². The fourth-order valence-corrected chi connectivity index (χ4v) is 5.27. The molecule has 1 aliphatic carbocycles. The molecule has 1 saturated carbocycles. The van der Waals surface area contributed by atoms with Crippen molar-refractivity contribution in [2.75, 3.05) is 19.7 Å². The lowest BCUT2D eigenvalue weighted by molar-refractivity contribution is -0.142. The molecule has 1 heterocycles. The van der Waals surface area contributed by atoms with E-state index < -0.39 is 17.2 Å². The van der Waals surface area contributed by atoms with Crippen LogP contribution in [0.3, 0.4) is 0 Å². The highest BCUT2D eigenvalue weighted by Gasteiger charge is 2.58.